The van der Waals surface area contributed by atoms with Crippen LogP contribution in [0.25, 0.3) is 21.5 Å². The summed E-state index contributed by atoms with van der Waals surface area (Å²) < 4.78 is 12.2. The fourth-order valence-electron chi connectivity index (χ4n) is 6.64. The number of benzene rings is 3. The molecule has 276 valence electrons. The summed E-state index contributed by atoms with van der Waals surface area (Å²) in [5.74, 6) is -0.480. The van der Waals surface area contributed by atoms with Gasteiger partial charge in [0.1, 0.15) is 6.10 Å². The molecule has 0 aliphatic carbocycles. The van der Waals surface area contributed by atoms with Gasteiger partial charge < -0.3 is 14.6 Å². The predicted molar refractivity (Wildman–Crippen MR) is 218 cm³/mol. The van der Waals surface area contributed by atoms with Crippen molar-refractivity contribution < 1.29 is 19.4 Å². The van der Waals surface area contributed by atoms with Gasteiger partial charge in [-0.3, -0.25) is 0 Å². The van der Waals surface area contributed by atoms with Gasteiger partial charge in [0, 0.05) is 12.7 Å². The van der Waals surface area contributed by atoms with Crippen LogP contribution in [0.2, 0.25) is 0 Å². The first-order valence-electron chi connectivity index (χ1n) is 18.9. The second-order valence-corrected chi connectivity index (χ2v) is 15.1. The maximum absolute atomic E-state index is 14.1. The molecule has 51 heavy (non-hydrogen) atoms. The maximum atomic E-state index is 14.1. The molecular weight excluding hydrogens is 629 g/mol. The molecule has 0 unspecified atom stereocenters. The molecule has 0 saturated heterocycles. The molecule has 0 aliphatic rings. The van der Waals surface area contributed by atoms with Crippen LogP contribution < -0.4 is 0 Å². The molecule has 3 aromatic rings. The summed E-state index contributed by atoms with van der Waals surface area (Å²) in [7, 11) is 1.55. The van der Waals surface area contributed by atoms with Crippen LogP contribution in [0.5, 0.6) is 0 Å². The van der Waals surface area contributed by atoms with Gasteiger partial charge in [-0.25, -0.2) is 4.79 Å². The van der Waals surface area contributed by atoms with E-state index in [1.807, 2.05) is 36.4 Å². The Labute approximate surface area is 309 Å². The van der Waals surface area contributed by atoms with Gasteiger partial charge in [-0.15, -0.1) is 0 Å². The minimum Gasteiger partial charge on any atom is -0.457 e. The van der Waals surface area contributed by atoms with Gasteiger partial charge in [0.2, 0.25) is 0 Å². The van der Waals surface area contributed by atoms with Crippen molar-refractivity contribution in [3.05, 3.63) is 118 Å². The maximum Gasteiger partial charge on any atom is 0.340 e. The molecule has 3 rings (SSSR count). The summed E-state index contributed by atoms with van der Waals surface area (Å²) in [5.41, 5.74) is 6.31. The van der Waals surface area contributed by atoms with Crippen LogP contribution in [-0.2, 0) is 14.3 Å². The number of hydrogen-bond donors (Lipinski definition) is 1. The second kappa shape index (κ2) is 21.0. The van der Waals surface area contributed by atoms with E-state index in [4.69, 9.17) is 9.47 Å². The molecule has 0 spiro atoms. The lowest BCUT2D eigenvalue weighted by Crippen LogP contribution is -2.43. The highest BCUT2D eigenvalue weighted by Crippen LogP contribution is 2.36. The van der Waals surface area contributed by atoms with Crippen molar-refractivity contribution in [1.82, 2.24) is 0 Å². The van der Waals surface area contributed by atoms with Crippen molar-refractivity contribution in [3.8, 4) is 0 Å². The van der Waals surface area contributed by atoms with Crippen LogP contribution in [0.15, 0.2) is 113 Å². The molecule has 3 aromatic carbocycles. The third-order valence-electron chi connectivity index (χ3n) is 9.76. The number of aliphatic hydroxyl groups is 1. The molecule has 4 nitrogen and oxygen atoms in total. The van der Waals surface area contributed by atoms with Gasteiger partial charge >= 0.3 is 5.97 Å². The van der Waals surface area contributed by atoms with E-state index < -0.39 is 23.8 Å². The molecule has 0 aliphatic heterocycles. The number of unbranched alkanes of at least 4 members (excludes halogenated alkanes) is 1. The SMILES string of the molecule is CO[C@H](C(=O)O[C@@H](CC/C(C)=C/CC/C=C(\C)CC/C=C(\C)CCC=C(C)C)[C@](C)(O)CCC=C(C)C)c1c2ccccc2cc2ccccc12. The van der Waals surface area contributed by atoms with E-state index in [0.717, 1.165) is 72.1 Å². The fourth-order valence-corrected chi connectivity index (χ4v) is 6.64. The lowest BCUT2D eigenvalue weighted by atomic mass is 9.88. The molecule has 0 fully saturated rings. The molecule has 0 aromatic heterocycles. The van der Waals surface area contributed by atoms with Crippen molar-refractivity contribution in [2.24, 2.45) is 0 Å². The largest absolute Gasteiger partial charge is 0.457 e. The van der Waals surface area contributed by atoms with E-state index in [9.17, 15) is 9.90 Å². The molecule has 0 radical (unpaired) electrons. The van der Waals surface area contributed by atoms with Crippen molar-refractivity contribution >= 4 is 27.5 Å². The van der Waals surface area contributed by atoms with E-state index in [2.05, 4.69) is 97.0 Å². The highest BCUT2D eigenvalue weighted by atomic mass is 16.6. The molecule has 4 heteroatoms. The third kappa shape index (κ3) is 13.7. The molecular formula is C47H64O4. The number of ether oxygens (including phenoxy) is 2. The van der Waals surface area contributed by atoms with Crippen molar-refractivity contribution in [3.63, 3.8) is 0 Å². The van der Waals surface area contributed by atoms with Crippen LogP contribution in [0.3, 0.4) is 0 Å². The zero-order chi connectivity index (χ0) is 37.4. The number of carbonyl (C=O) groups is 1. The Bertz CT molecular complexity index is 1670. The average Bonchev–Trinajstić information content (AvgIpc) is 3.08. The van der Waals surface area contributed by atoms with Gasteiger partial charge in [-0.2, -0.15) is 0 Å². The van der Waals surface area contributed by atoms with E-state index >= 15 is 0 Å². The van der Waals surface area contributed by atoms with E-state index in [0.29, 0.717) is 19.3 Å². The highest BCUT2D eigenvalue weighted by Gasteiger charge is 2.37. The zero-order valence-corrected chi connectivity index (χ0v) is 33.0. The first-order chi connectivity index (χ1) is 24.3. The quantitative estimate of drug-likeness (QED) is 0.0554. The Balaban J connectivity index is 1.70. The number of allylic oxidation sites excluding steroid dienone is 10. The number of esters is 1. The summed E-state index contributed by atoms with van der Waals surface area (Å²) in [6.45, 7) is 16.8. The van der Waals surface area contributed by atoms with Gasteiger partial charge in [0.05, 0.1) is 5.60 Å². The Morgan fingerprint density at radius 2 is 1.16 bits per heavy atom. The van der Waals surface area contributed by atoms with Crippen LogP contribution in [0, 0.1) is 0 Å². The van der Waals surface area contributed by atoms with E-state index in [1.54, 1.807) is 14.0 Å². The van der Waals surface area contributed by atoms with E-state index in [-0.39, 0.29) is 0 Å². The lowest BCUT2D eigenvalue weighted by Gasteiger charge is -2.34. The monoisotopic (exact) mass is 692 g/mol. The first-order valence-corrected chi connectivity index (χ1v) is 18.9. The molecule has 0 saturated carbocycles. The lowest BCUT2D eigenvalue weighted by molar-refractivity contribution is -0.176. The van der Waals surface area contributed by atoms with E-state index in [1.165, 1.54) is 27.9 Å². The summed E-state index contributed by atoms with van der Waals surface area (Å²) in [6.07, 6.45) is 18.7. The molecule has 0 amide bonds. The standard InChI is InChI=1S/C47H64O4/c1-34(2)19-16-23-37(6)25-17-24-36(5)21-10-11-22-38(7)30-31-43(47(8,49)32-18-20-35(3)4)51-46(48)45(50-9)44-41-28-14-12-26-39(41)33-40-27-13-15-29-42(40)44/h12-15,19-22,25-29,33,43,45,49H,10-11,16-18,23-24,30-32H2,1-9H3/b36-21+,37-25+,38-22+/t43-,45-,47+/m0/s1. The Kier molecular flexibility index (Phi) is 17.1. The number of rotatable bonds is 20. The molecule has 3 atom stereocenters. The predicted octanol–water partition coefficient (Wildman–Crippen LogP) is 13.0. The topological polar surface area (TPSA) is 55.8 Å². The summed E-state index contributed by atoms with van der Waals surface area (Å²) in [5, 5.41) is 15.8. The normalized spacial score (nSPS) is 15.0. The molecule has 0 heterocycles. The number of hydrogen-bond acceptors (Lipinski definition) is 4. The Morgan fingerprint density at radius 1 is 0.686 bits per heavy atom. The first kappa shape index (κ1) is 41.7. The Hall–Kier alpha value is -3.73. The van der Waals surface area contributed by atoms with Gasteiger partial charge in [0.25, 0.3) is 0 Å². The summed E-state index contributed by atoms with van der Waals surface area (Å²) in [6, 6.07) is 18.3. The van der Waals surface area contributed by atoms with Crippen molar-refractivity contribution in [2.75, 3.05) is 7.11 Å². The highest BCUT2D eigenvalue weighted by molar-refractivity contribution is 6.05. The van der Waals surface area contributed by atoms with Crippen LogP contribution in [0.1, 0.15) is 131 Å². The van der Waals surface area contributed by atoms with Gasteiger partial charge in [-0.1, -0.05) is 107 Å². The average molecular weight is 693 g/mol. The van der Waals surface area contributed by atoms with Crippen LogP contribution >= 0.6 is 0 Å². The third-order valence-corrected chi connectivity index (χ3v) is 9.76. The number of fused-ring (bicyclic) bond motifs is 2. The van der Waals surface area contributed by atoms with Crippen LogP contribution in [0.4, 0.5) is 0 Å². The minimum absolute atomic E-state index is 0.480. The number of methoxy groups -OCH3 is 1. The van der Waals surface area contributed by atoms with Crippen molar-refractivity contribution in [1.29, 1.82) is 0 Å². The summed E-state index contributed by atoms with van der Waals surface area (Å²) in [4.78, 5) is 14.1. The van der Waals surface area contributed by atoms with Gasteiger partial charge in [-0.05, 0) is 147 Å². The summed E-state index contributed by atoms with van der Waals surface area (Å²) >= 11 is 0. The smallest absolute Gasteiger partial charge is 0.340 e. The zero-order valence-electron chi connectivity index (χ0n) is 33.0. The Morgan fingerprint density at radius 3 is 1.69 bits per heavy atom. The molecule has 0 bridgehead atoms. The number of carbonyl (C=O) groups excluding carboxylic acids is 1. The van der Waals surface area contributed by atoms with Crippen LogP contribution in [-0.4, -0.2) is 29.9 Å². The second-order valence-electron chi connectivity index (χ2n) is 15.1. The molecule has 1 N–H and O–H groups in total. The fraction of sp³-hybridized carbons (Fsp3) is 0.468. The van der Waals surface area contributed by atoms with Gasteiger partial charge in [0.15, 0.2) is 6.10 Å². The minimum atomic E-state index is -1.21. The van der Waals surface area contributed by atoms with Crippen molar-refractivity contribution in [2.45, 2.75) is 137 Å².